The third-order valence-electron chi connectivity index (χ3n) is 6.71. The summed E-state index contributed by atoms with van der Waals surface area (Å²) >= 11 is 0. The van der Waals surface area contributed by atoms with Crippen molar-refractivity contribution >= 4 is 0 Å². The van der Waals surface area contributed by atoms with Crippen LogP contribution in [0.25, 0.3) is 5.69 Å². The molecule has 5 nitrogen and oxygen atoms in total. The molecule has 1 spiro atoms. The molecule has 5 heteroatoms. The zero-order chi connectivity index (χ0) is 16.8. The Balaban J connectivity index is 1.63. The number of benzene rings is 1. The second kappa shape index (κ2) is 4.34. The molecule has 3 aliphatic carbocycles. The molecule has 1 aromatic heterocycles. The van der Waals surface area contributed by atoms with E-state index in [4.69, 9.17) is 0 Å². The lowest BCUT2D eigenvalue weighted by Crippen LogP contribution is -2.58. The van der Waals surface area contributed by atoms with Gasteiger partial charge in [0.1, 0.15) is 0 Å². The van der Waals surface area contributed by atoms with E-state index in [1.807, 2.05) is 30.3 Å². The maximum atomic E-state index is 13.2. The van der Waals surface area contributed by atoms with Crippen LogP contribution in [0.4, 0.5) is 0 Å². The van der Waals surface area contributed by atoms with Gasteiger partial charge >= 0.3 is 11.4 Å². The number of rotatable bonds is 1. The van der Waals surface area contributed by atoms with Crippen LogP contribution < -0.4 is 11.4 Å². The summed E-state index contributed by atoms with van der Waals surface area (Å²) in [7, 11) is 0. The van der Waals surface area contributed by atoms with Crippen molar-refractivity contribution in [2.75, 3.05) is 0 Å². The van der Waals surface area contributed by atoms with Crippen molar-refractivity contribution < 1.29 is 0 Å². The third-order valence-corrected chi connectivity index (χ3v) is 6.71. The fourth-order valence-electron chi connectivity index (χ4n) is 5.78. The van der Waals surface area contributed by atoms with Crippen LogP contribution in [0.1, 0.15) is 37.8 Å². The van der Waals surface area contributed by atoms with Gasteiger partial charge in [0.2, 0.25) is 0 Å². The number of hydrogen-bond acceptors (Lipinski definition) is 2. The SMILES string of the molecule is O=c1n(-c2ccccc2)c(=O)n2n1C1C=CC2C23C=C(CCCC2)C13. The van der Waals surface area contributed by atoms with Crippen LogP contribution >= 0.6 is 0 Å². The van der Waals surface area contributed by atoms with Crippen molar-refractivity contribution in [1.29, 1.82) is 0 Å². The van der Waals surface area contributed by atoms with Gasteiger partial charge in [-0.15, -0.1) is 0 Å². The van der Waals surface area contributed by atoms with Crippen LogP contribution in [-0.4, -0.2) is 13.9 Å². The predicted octanol–water partition coefficient (Wildman–Crippen LogP) is 2.58. The smallest absolute Gasteiger partial charge is 0.245 e. The number of allylic oxidation sites excluding steroid dienone is 4. The normalized spacial score (nSPS) is 33.9. The Morgan fingerprint density at radius 2 is 1.76 bits per heavy atom. The summed E-state index contributed by atoms with van der Waals surface area (Å²) in [5.74, 6) is 0.397. The standard InChI is InChI=1S/C20H19N3O2/c24-18-21(14-7-2-1-3-8-14)19(25)23-16-10-9-15(22(18)23)17-13-6-4-5-11-20(16,17)12-13/h1-3,7-10,12,15-17H,4-6,11H2. The Labute approximate surface area is 144 Å². The highest BCUT2D eigenvalue weighted by Crippen LogP contribution is 2.66. The largest absolute Gasteiger partial charge is 0.352 e. The number of aromatic nitrogens is 3. The van der Waals surface area contributed by atoms with Crippen molar-refractivity contribution in [2.24, 2.45) is 11.3 Å². The molecular formula is C20H19N3O2. The Kier molecular flexibility index (Phi) is 2.38. The topological polar surface area (TPSA) is 48.9 Å². The Morgan fingerprint density at radius 1 is 0.960 bits per heavy atom. The first kappa shape index (κ1) is 13.7. The van der Waals surface area contributed by atoms with Gasteiger partial charge in [-0.25, -0.2) is 23.5 Å². The van der Waals surface area contributed by atoms with Crippen LogP contribution in [0.5, 0.6) is 0 Å². The van der Waals surface area contributed by atoms with E-state index in [9.17, 15) is 9.59 Å². The molecule has 0 amide bonds. The molecular weight excluding hydrogens is 314 g/mol. The minimum Gasteiger partial charge on any atom is -0.245 e. The minimum atomic E-state index is -0.213. The molecule has 3 heterocycles. The first-order valence-electron chi connectivity index (χ1n) is 9.14. The second-order valence-corrected chi connectivity index (χ2v) is 7.76. The summed E-state index contributed by atoms with van der Waals surface area (Å²) in [6.07, 6.45) is 11.4. The van der Waals surface area contributed by atoms with Crippen LogP contribution in [0.15, 0.2) is 63.7 Å². The van der Waals surface area contributed by atoms with Gasteiger partial charge in [-0.3, -0.25) is 0 Å². The second-order valence-electron chi connectivity index (χ2n) is 7.76. The first-order valence-corrected chi connectivity index (χ1v) is 9.14. The van der Waals surface area contributed by atoms with Crippen LogP contribution in [-0.2, 0) is 0 Å². The Bertz CT molecular complexity index is 1070. The van der Waals surface area contributed by atoms with Gasteiger partial charge in [0.15, 0.2) is 0 Å². The lowest BCUT2D eigenvalue weighted by molar-refractivity contribution is 0.0251. The number of para-hydroxylation sites is 1. The molecule has 2 aromatic rings. The zero-order valence-corrected chi connectivity index (χ0v) is 13.8. The molecule has 0 saturated heterocycles. The van der Waals surface area contributed by atoms with E-state index in [1.165, 1.54) is 23.0 Å². The van der Waals surface area contributed by atoms with Gasteiger partial charge in [0.05, 0.1) is 17.8 Å². The molecule has 126 valence electrons. The van der Waals surface area contributed by atoms with Gasteiger partial charge < -0.3 is 0 Å². The van der Waals surface area contributed by atoms with Gasteiger partial charge in [-0.2, -0.15) is 0 Å². The zero-order valence-electron chi connectivity index (χ0n) is 13.8. The van der Waals surface area contributed by atoms with E-state index in [-0.39, 0.29) is 28.9 Å². The van der Waals surface area contributed by atoms with Crippen molar-refractivity contribution in [3.63, 3.8) is 0 Å². The van der Waals surface area contributed by atoms with E-state index in [0.717, 1.165) is 12.8 Å². The molecule has 4 atom stereocenters. The van der Waals surface area contributed by atoms with Crippen molar-refractivity contribution in [1.82, 2.24) is 13.9 Å². The molecule has 7 rings (SSSR count). The van der Waals surface area contributed by atoms with Gasteiger partial charge in [0, 0.05) is 11.3 Å². The van der Waals surface area contributed by atoms with Crippen molar-refractivity contribution in [3.05, 3.63) is 75.1 Å². The maximum absolute atomic E-state index is 13.2. The van der Waals surface area contributed by atoms with E-state index < -0.39 is 0 Å². The lowest BCUT2D eigenvalue weighted by atomic mass is 9.52. The van der Waals surface area contributed by atoms with E-state index in [1.54, 1.807) is 9.36 Å². The molecule has 0 N–H and O–H groups in total. The quantitative estimate of drug-likeness (QED) is 0.753. The van der Waals surface area contributed by atoms with Gasteiger partial charge in [-0.1, -0.05) is 48.4 Å². The molecule has 0 radical (unpaired) electrons. The van der Waals surface area contributed by atoms with Crippen molar-refractivity contribution in [2.45, 2.75) is 37.8 Å². The summed E-state index contributed by atoms with van der Waals surface area (Å²) in [4.78, 5) is 26.4. The molecule has 25 heavy (non-hydrogen) atoms. The Morgan fingerprint density at radius 3 is 2.60 bits per heavy atom. The van der Waals surface area contributed by atoms with Crippen LogP contribution in [0.2, 0.25) is 0 Å². The fraction of sp³-hybridized carbons (Fsp3) is 0.400. The van der Waals surface area contributed by atoms with E-state index >= 15 is 0 Å². The predicted molar refractivity (Wildman–Crippen MR) is 94.0 cm³/mol. The molecule has 5 aliphatic rings. The molecule has 0 fully saturated rings. The van der Waals surface area contributed by atoms with Crippen LogP contribution in [0.3, 0.4) is 0 Å². The number of nitrogens with zero attached hydrogens (tertiary/aromatic N) is 3. The molecule has 1 aromatic carbocycles. The summed E-state index contributed by atoms with van der Waals surface area (Å²) in [6.45, 7) is 0. The van der Waals surface area contributed by atoms with Gasteiger partial charge in [0.25, 0.3) is 0 Å². The summed E-state index contributed by atoms with van der Waals surface area (Å²) in [5, 5.41) is 0. The average Bonchev–Trinajstić information content (AvgIpc) is 2.81. The monoisotopic (exact) mass is 333 g/mol. The average molecular weight is 333 g/mol. The molecule has 4 bridgehead atoms. The lowest BCUT2D eigenvalue weighted by Gasteiger charge is -2.59. The van der Waals surface area contributed by atoms with Crippen molar-refractivity contribution in [3.8, 4) is 5.69 Å². The summed E-state index contributed by atoms with van der Waals surface area (Å²) in [6, 6.07) is 9.20. The Hall–Kier alpha value is -2.56. The minimum absolute atomic E-state index is 0.0201. The molecule has 2 aliphatic heterocycles. The number of hydrogen-bond donors (Lipinski definition) is 0. The highest BCUT2D eigenvalue weighted by molar-refractivity contribution is 5.41. The summed E-state index contributed by atoms with van der Waals surface area (Å²) in [5.41, 5.74) is 1.76. The highest BCUT2D eigenvalue weighted by atomic mass is 16.2. The molecule has 0 saturated carbocycles. The maximum Gasteiger partial charge on any atom is 0.352 e. The molecule has 4 unspecified atom stereocenters. The van der Waals surface area contributed by atoms with Gasteiger partial charge in [-0.05, 0) is 31.4 Å². The van der Waals surface area contributed by atoms with E-state index in [0.29, 0.717) is 11.6 Å². The van der Waals surface area contributed by atoms with Crippen LogP contribution in [0, 0.1) is 11.3 Å². The fourth-order valence-corrected chi connectivity index (χ4v) is 5.78. The summed E-state index contributed by atoms with van der Waals surface area (Å²) < 4.78 is 4.78. The first-order chi connectivity index (χ1) is 12.2. The highest BCUT2D eigenvalue weighted by Gasteiger charge is 2.61. The third kappa shape index (κ3) is 1.42. The van der Waals surface area contributed by atoms with E-state index in [2.05, 4.69) is 18.2 Å².